The molecule has 2 N–H and O–H groups in total. The number of anilines is 1. The molecule has 0 spiro atoms. The topological polar surface area (TPSA) is 56.7 Å². The summed E-state index contributed by atoms with van der Waals surface area (Å²) in [4.78, 5) is 8.76. The van der Waals surface area contributed by atoms with Crippen LogP contribution in [-0.4, -0.2) is 14.5 Å². The standard InChI is InChI=1S/C13H14N4S/c1-8-3-4-10-11(7-8)17(13(14)16-10)9(2)12-15-5-6-18-12/h3-7,9H,1-2H3,(H2,14,16). The summed E-state index contributed by atoms with van der Waals surface area (Å²) >= 11 is 1.64. The lowest BCUT2D eigenvalue weighted by Crippen LogP contribution is -2.09. The third-order valence-corrected chi connectivity index (χ3v) is 4.01. The largest absolute Gasteiger partial charge is 0.369 e. The number of benzene rings is 1. The maximum absolute atomic E-state index is 6.04. The molecule has 0 saturated heterocycles. The van der Waals surface area contributed by atoms with Crippen molar-refractivity contribution in [2.24, 2.45) is 0 Å². The molecule has 0 bridgehead atoms. The Balaban J connectivity index is 2.22. The summed E-state index contributed by atoms with van der Waals surface area (Å²) in [6, 6.07) is 6.28. The van der Waals surface area contributed by atoms with Crippen LogP contribution in [-0.2, 0) is 0 Å². The Hall–Kier alpha value is -1.88. The lowest BCUT2D eigenvalue weighted by atomic mass is 10.2. The van der Waals surface area contributed by atoms with Gasteiger partial charge in [-0.3, -0.25) is 0 Å². The van der Waals surface area contributed by atoms with E-state index in [1.807, 2.05) is 28.3 Å². The Bertz CT molecular complexity index is 684. The molecule has 1 atom stereocenters. The third kappa shape index (κ3) is 1.67. The highest BCUT2D eigenvalue weighted by Gasteiger charge is 2.17. The molecule has 5 heteroatoms. The van der Waals surface area contributed by atoms with Crippen LogP contribution in [0.25, 0.3) is 11.0 Å². The van der Waals surface area contributed by atoms with E-state index in [0.717, 1.165) is 16.0 Å². The molecule has 18 heavy (non-hydrogen) atoms. The fraction of sp³-hybridized carbons (Fsp3) is 0.231. The first-order valence-corrected chi connectivity index (χ1v) is 6.68. The first-order chi connectivity index (χ1) is 8.66. The number of hydrogen-bond acceptors (Lipinski definition) is 4. The van der Waals surface area contributed by atoms with E-state index in [0.29, 0.717) is 5.95 Å². The van der Waals surface area contributed by atoms with E-state index in [1.54, 1.807) is 11.3 Å². The molecule has 92 valence electrons. The monoisotopic (exact) mass is 258 g/mol. The van der Waals surface area contributed by atoms with E-state index in [1.165, 1.54) is 5.56 Å². The molecule has 2 aromatic heterocycles. The van der Waals surface area contributed by atoms with Crippen LogP contribution >= 0.6 is 11.3 Å². The summed E-state index contributed by atoms with van der Waals surface area (Å²) < 4.78 is 2.04. The van der Waals surface area contributed by atoms with Gasteiger partial charge in [0.05, 0.1) is 17.1 Å². The summed E-state index contributed by atoms with van der Waals surface area (Å²) in [5.41, 5.74) is 9.24. The lowest BCUT2D eigenvalue weighted by Gasteiger charge is -2.13. The summed E-state index contributed by atoms with van der Waals surface area (Å²) in [6.07, 6.45) is 1.82. The highest BCUT2D eigenvalue weighted by atomic mass is 32.1. The zero-order valence-corrected chi connectivity index (χ0v) is 11.1. The van der Waals surface area contributed by atoms with E-state index in [2.05, 4.69) is 29.9 Å². The Morgan fingerprint density at radius 3 is 2.94 bits per heavy atom. The van der Waals surface area contributed by atoms with Crippen LogP contribution in [0.15, 0.2) is 29.8 Å². The predicted molar refractivity (Wildman–Crippen MR) is 74.8 cm³/mol. The molecular formula is C13H14N4S. The third-order valence-electron chi connectivity index (χ3n) is 3.07. The van der Waals surface area contributed by atoms with Gasteiger partial charge in [0.25, 0.3) is 0 Å². The molecule has 1 aromatic carbocycles. The minimum atomic E-state index is 0.108. The van der Waals surface area contributed by atoms with Crippen molar-refractivity contribution in [3.05, 3.63) is 40.3 Å². The van der Waals surface area contributed by atoms with E-state index in [-0.39, 0.29) is 6.04 Å². The highest BCUT2D eigenvalue weighted by molar-refractivity contribution is 7.09. The predicted octanol–water partition coefficient (Wildman–Crippen LogP) is 2.99. The molecule has 3 aromatic rings. The molecule has 0 aliphatic heterocycles. The van der Waals surface area contributed by atoms with Gasteiger partial charge in [0.2, 0.25) is 5.95 Å². The normalized spacial score (nSPS) is 13.0. The highest BCUT2D eigenvalue weighted by Crippen LogP contribution is 2.28. The molecule has 4 nitrogen and oxygen atoms in total. The van der Waals surface area contributed by atoms with Gasteiger partial charge in [0, 0.05) is 11.6 Å². The number of nitrogens with zero attached hydrogens (tertiary/aromatic N) is 3. The fourth-order valence-electron chi connectivity index (χ4n) is 2.18. The average Bonchev–Trinajstić information content (AvgIpc) is 2.94. The second-order valence-electron chi connectivity index (χ2n) is 4.38. The minimum absolute atomic E-state index is 0.108. The van der Waals surface area contributed by atoms with Crippen LogP contribution in [0.1, 0.15) is 23.5 Å². The van der Waals surface area contributed by atoms with Crippen molar-refractivity contribution in [1.82, 2.24) is 14.5 Å². The maximum Gasteiger partial charge on any atom is 0.201 e. The van der Waals surface area contributed by atoms with Gasteiger partial charge >= 0.3 is 0 Å². The molecule has 0 aliphatic rings. The van der Waals surface area contributed by atoms with Crippen LogP contribution in [0.2, 0.25) is 0 Å². The van der Waals surface area contributed by atoms with Crippen LogP contribution in [0.5, 0.6) is 0 Å². The smallest absolute Gasteiger partial charge is 0.201 e. The van der Waals surface area contributed by atoms with E-state index in [4.69, 9.17) is 5.73 Å². The number of aryl methyl sites for hydroxylation is 1. The molecule has 0 fully saturated rings. The van der Waals surface area contributed by atoms with E-state index >= 15 is 0 Å². The van der Waals surface area contributed by atoms with Gasteiger partial charge in [0.15, 0.2) is 0 Å². The van der Waals surface area contributed by atoms with Gasteiger partial charge in [0.1, 0.15) is 5.01 Å². The number of imidazole rings is 1. The van der Waals surface area contributed by atoms with Crippen molar-refractivity contribution in [2.75, 3.05) is 5.73 Å². The van der Waals surface area contributed by atoms with Gasteiger partial charge in [-0.2, -0.15) is 0 Å². The first-order valence-electron chi connectivity index (χ1n) is 5.80. The summed E-state index contributed by atoms with van der Waals surface area (Å²) in [7, 11) is 0. The van der Waals surface area contributed by atoms with E-state index < -0.39 is 0 Å². The molecular weight excluding hydrogens is 244 g/mol. The number of aromatic nitrogens is 3. The van der Waals surface area contributed by atoms with Crippen molar-refractivity contribution >= 4 is 28.3 Å². The van der Waals surface area contributed by atoms with Crippen molar-refractivity contribution < 1.29 is 0 Å². The van der Waals surface area contributed by atoms with Crippen molar-refractivity contribution in [2.45, 2.75) is 19.9 Å². The van der Waals surface area contributed by atoms with Crippen molar-refractivity contribution in [3.63, 3.8) is 0 Å². The zero-order valence-electron chi connectivity index (χ0n) is 10.3. The number of hydrogen-bond donors (Lipinski definition) is 1. The van der Waals surface area contributed by atoms with Crippen LogP contribution in [0, 0.1) is 6.92 Å². The number of thiazole rings is 1. The maximum atomic E-state index is 6.04. The zero-order chi connectivity index (χ0) is 12.7. The van der Waals surface area contributed by atoms with Gasteiger partial charge in [-0.15, -0.1) is 11.3 Å². The van der Waals surface area contributed by atoms with E-state index in [9.17, 15) is 0 Å². The van der Waals surface area contributed by atoms with Crippen molar-refractivity contribution in [3.8, 4) is 0 Å². The number of nitrogens with two attached hydrogens (primary N) is 1. The van der Waals surface area contributed by atoms with Crippen LogP contribution < -0.4 is 5.73 Å². The summed E-state index contributed by atoms with van der Waals surface area (Å²) in [6.45, 7) is 4.17. The summed E-state index contributed by atoms with van der Waals surface area (Å²) in [5.74, 6) is 0.540. The second kappa shape index (κ2) is 4.10. The minimum Gasteiger partial charge on any atom is -0.369 e. The Kier molecular flexibility index (Phi) is 2.56. The fourth-order valence-corrected chi connectivity index (χ4v) is 2.87. The average molecular weight is 258 g/mol. The molecule has 3 rings (SSSR count). The quantitative estimate of drug-likeness (QED) is 0.768. The van der Waals surface area contributed by atoms with Crippen molar-refractivity contribution in [1.29, 1.82) is 0 Å². The Labute approximate surface area is 109 Å². The van der Waals surface area contributed by atoms with Gasteiger partial charge in [-0.05, 0) is 31.5 Å². The molecule has 1 unspecified atom stereocenters. The van der Waals surface area contributed by atoms with Gasteiger partial charge in [-0.25, -0.2) is 9.97 Å². The Morgan fingerprint density at radius 1 is 1.39 bits per heavy atom. The lowest BCUT2D eigenvalue weighted by molar-refractivity contribution is 0.662. The molecule has 0 radical (unpaired) electrons. The first kappa shape index (κ1) is 11.2. The molecule has 0 amide bonds. The number of rotatable bonds is 2. The van der Waals surface area contributed by atoms with Crippen LogP contribution in [0.3, 0.4) is 0 Å². The SMILES string of the molecule is Cc1ccc2nc(N)n(C(C)c3nccs3)c2c1. The summed E-state index contributed by atoms with van der Waals surface area (Å²) in [5, 5.41) is 3.02. The number of fused-ring (bicyclic) bond motifs is 1. The number of nitrogen functional groups attached to an aromatic ring is 1. The Morgan fingerprint density at radius 2 is 2.22 bits per heavy atom. The molecule has 0 saturated carbocycles. The van der Waals surface area contributed by atoms with Gasteiger partial charge in [-0.1, -0.05) is 6.07 Å². The molecule has 0 aliphatic carbocycles. The van der Waals surface area contributed by atoms with Gasteiger partial charge < -0.3 is 10.3 Å². The second-order valence-corrected chi connectivity index (χ2v) is 5.30. The molecule has 2 heterocycles. The van der Waals surface area contributed by atoms with Crippen LogP contribution in [0.4, 0.5) is 5.95 Å².